The molecule has 0 aliphatic carbocycles. The van der Waals surface area contributed by atoms with Gasteiger partial charge in [0.15, 0.2) is 5.16 Å². The molecular formula is C15H16N6O4S. The van der Waals surface area contributed by atoms with Gasteiger partial charge in [-0.2, -0.15) is 0 Å². The highest BCUT2D eigenvalue weighted by molar-refractivity contribution is 7.99. The minimum absolute atomic E-state index is 0.0236. The van der Waals surface area contributed by atoms with E-state index >= 15 is 0 Å². The molecule has 11 heteroatoms. The standard InChI is InChI=1S/C15H16N6O4S/c1-3-8-20-10(2)16-19-15(20)26-9-13(22)17-18-14(23)11-4-6-12(7-5-11)21(24)25/h3-7H,1,8-9H2,2H3,(H,17,22)(H,18,23). The monoisotopic (exact) mass is 376 g/mol. The van der Waals surface area contributed by atoms with Crippen LogP contribution in [-0.4, -0.2) is 37.3 Å². The molecule has 2 N–H and O–H groups in total. The SMILES string of the molecule is C=CCn1c(C)nnc1SCC(=O)NNC(=O)c1ccc([N+](=O)[O-])cc1. The summed E-state index contributed by atoms with van der Waals surface area (Å²) in [4.78, 5) is 33.8. The molecule has 0 fully saturated rings. The minimum Gasteiger partial charge on any atom is -0.302 e. The average molecular weight is 376 g/mol. The Hall–Kier alpha value is -3.21. The predicted octanol–water partition coefficient (Wildman–Crippen LogP) is 1.23. The fourth-order valence-electron chi connectivity index (χ4n) is 1.91. The molecule has 2 aromatic rings. The number of aromatic nitrogens is 3. The molecule has 1 heterocycles. The van der Waals surface area contributed by atoms with Gasteiger partial charge in [-0.15, -0.1) is 16.8 Å². The summed E-state index contributed by atoms with van der Waals surface area (Å²) in [6, 6.07) is 5.02. The third-order valence-electron chi connectivity index (χ3n) is 3.20. The number of nitro benzene ring substituents is 1. The van der Waals surface area contributed by atoms with Crippen LogP contribution in [0, 0.1) is 17.0 Å². The zero-order valence-corrected chi connectivity index (χ0v) is 14.7. The van der Waals surface area contributed by atoms with Crippen molar-refractivity contribution in [3.05, 3.63) is 58.4 Å². The number of thioether (sulfide) groups is 1. The van der Waals surface area contributed by atoms with Gasteiger partial charge in [-0.25, -0.2) is 0 Å². The summed E-state index contributed by atoms with van der Waals surface area (Å²) in [7, 11) is 0. The molecule has 1 aromatic heterocycles. The Morgan fingerprint density at radius 3 is 2.62 bits per heavy atom. The molecule has 1 aromatic carbocycles. The summed E-state index contributed by atoms with van der Waals surface area (Å²) >= 11 is 1.17. The Kier molecular flexibility index (Phi) is 6.44. The molecule has 136 valence electrons. The lowest BCUT2D eigenvalue weighted by molar-refractivity contribution is -0.384. The van der Waals surface area contributed by atoms with Gasteiger partial charge in [0.25, 0.3) is 11.6 Å². The van der Waals surface area contributed by atoms with Crippen molar-refractivity contribution < 1.29 is 14.5 Å². The van der Waals surface area contributed by atoms with Crippen molar-refractivity contribution in [3.63, 3.8) is 0 Å². The number of amides is 2. The van der Waals surface area contributed by atoms with Gasteiger partial charge < -0.3 is 4.57 Å². The topological polar surface area (TPSA) is 132 Å². The lowest BCUT2D eigenvalue weighted by Gasteiger charge is -2.08. The maximum Gasteiger partial charge on any atom is 0.269 e. The van der Waals surface area contributed by atoms with E-state index in [1.807, 2.05) is 0 Å². The highest BCUT2D eigenvalue weighted by Crippen LogP contribution is 2.16. The maximum atomic E-state index is 11.9. The van der Waals surface area contributed by atoms with Crippen LogP contribution in [0.15, 0.2) is 42.1 Å². The van der Waals surface area contributed by atoms with E-state index in [1.54, 1.807) is 17.6 Å². The van der Waals surface area contributed by atoms with E-state index in [0.29, 0.717) is 17.5 Å². The van der Waals surface area contributed by atoms with Crippen LogP contribution in [0.3, 0.4) is 0 Å². The number of hydrogen-bond donors (Lipinski definition) is 2. The van der Waals surface area contributed by atoms with E-state index in [4.69, 9.17) is 0 Å². The Bertz CT molecular complexity index is 833. The molecule has 0 bridgehead atoms. The molecule has 0 saturated carbocycles. The maximum absolute atomic E-state index is 11.9. The van der Waals surface area contributed by atoms with Gasteiger partial charge in [0, 0.05) is 24.2 Å². The molecule has 0 radical (unpaired) electrons. The molecule has 0 unspecified atom stereocenters. The summed E-state index contributed by atoms with van der Waals surface area (Å²) in [6.07, 6.45) is 1.70. The number of nitrogens with one attached hydrogen (secondary N) is 2. The number of non-ortho nitro benzene ring substituents is 1. The first-order valence-electron chi connectivity index (χ1n) is 7.39. The van der Waals surface area contributed by atoms with E-state index in [1.165, 1.54) is 36.0 Å². The Morgan fingerprint density at radius 1 is 1.31 bits per heavy atom. The Morgan fingerprint density at radius 2 is 2.00 bits per heavy atom. The van der Waals surface area contributed by atoms with Gasteiger partial charge in [-0.3, -0.25) is 30.6 Å². The van der Waals surface area contributed by atoms with Crippen molar-refractivity contribution in [1.82, 2.24) is 25.6 Å². The van der Waals surface area contributed by atoms with Crippen LogP contribution < -0.4 is 10.9 Å². The molecule has 0 spiro atoms. The number of rotatable bonds is 7. The molecule has 0 aliphatic heterocycles. The highest BCUT2D eigenvalue weighted by Gasteiger charge is 2.13. The number of carbonyl (C=O) groups excluding carboxylic acids is 2. The van der Waals surface area contributed by atoms with Crippen molar-refractivity contribution in [2.24, 2.45) is 0 Å². The van der Waals surface area contributed by atoms with Gasteiger partial charge >= 0.3 is 0 Å². The van der Waals surface area contributed by atoms with E-state index in [-0.39, 0.29) is 17.0 Å². The zero-order chi connectivity index (χ0) is 19.1. The number of carbonyl (C=O) groups is 2. The molecule has 10 nitrogen and oxygen atoms in total. The number of aryl methyl sites for hydroxylation is 1. The van der Waals surface area contributed by atoms with E-state index in [0.717, 1.165) is 0 Å². The summed E-state index contributed by atoms with van der Waals surface area (Å²) in [6.45, 7) is 5.98. The quantitative estimate of drug-likeness (QED) is 0.321. The van der Waals surface area contributed by atoms with Crippen molar-refractivity contribution >= 4 is 29.3 Å². The first kappa shape index (κ1) is 19.1. The molecule has 2 amide bonds. The van der Waals surface area contributed by atoms with E-state index in [2.05, 4.69) is 27.6 Å². The van der Waals surface area contributed by atoms with E-state index < -0.39 is 16.7 Å². The molecular weight excluding hydrogens is 360 g/mol. The highest BCUT2D eigenvalue weighted by atomic mass is 32.2. The summed E-state index contributed by atoms with van der Waals surface area (Å²) in [5.41, 5.74) is 4.58. The second-order valence-electron chi connectivity index (χ2n) is 5.02. The van der Waals surface area contributed by atoms with Crippen molar-refractivity contribution in [2.45, 2.75) is 18.6 Å². The van der Waals surface area contributed by atoms with Crippen LogP contribution in [0.4, 0.5) is 5.69 Å². The fraction of sp³-hybridized carbons (Fsp3) is 0.200. The first-order valence-corrected chi connectivity index (χ1v) is 8.38. The molecule has 0 atom stereocenters. The number of benzene rings is 1. The average Bonchev–Trinajstić information content (AvgIpc) is 2.98. The molecule has 26 heavy (non-hydrogen) atoms. The van der Waals surface area contributed by atoms with Crippen LogP contribution in [0.2, 0.25) is 0 Å². The minimum atomic E-state index is -0.580. The van der Waals surface area contributed by atoms with Gasteiger partial charge in [0.1, 0.15) is 5.82 Å². The summed E-state index contributed by atoms with van der Waals surface area (Å²) in [5.74, 6) is -0.283. The van der Waals surface area contributed by atoms with Crippen LogP contribution in [0.1, 0.15) is 16.2 Å². The van der Waals surface area contributed by atoms with Crippen LogP contribution >= 0.6 is 11.8 Å². The summed E-state index contributed by atoms with van der Waals surface area (Å²) < 4.78 is 1.81. The lowest BCUT2D eigenvalue weighted by Crippen LogP contribution is -2.42. The fourth-order valence-corrected chi connectivity index (χ4v) is 2.70. The third-order valence-corrected chi connectivity index (χ3v) is 4.17. The van der Waals surface area contributed by atoms with Crippen molar-refractivity contribution in [2.75, 3.05) is 5.75 Å². The largest absolute Gasteiger partial charge is 0.302 e. The van der Waals surface area contributed by atoms with Crippen LogP contribution in [0.5, 0.6) is 0 Å². The van der Waals surface area contributed by atoms with Crippen molar-refractivity contribution in [1.29, 1.82) is 0 Å². The molecule has 0 saturated heterocycles. The second-order valence-corrected chi connectivity index (χ2v) is 5.97. The van der Waals surface area contributed by atoms with E-state index in [9.17, 15) is 19.7 Å². The van der Waals surface area contributed by atoms with Gasteiger partial charge in [0.05, 0.1) is 10.7 Å². The Labute approximate surface area is 152 Å². The number of nitrogens with zero attached hydrogens (tertiary/aromatic N) is 4. The Balaban J connectivity index is 1.84. The van der Waals surface area contributed by atoms with Crippen molar-refractivity contribution in [3.8, 4) is 0 Å². The van der Waals surface area contributed by atoms with Crippen LogP contribution in [0.25, 0.3) is 0 Å². The number of hydrogen-bond acceptors (Lipinski definition) is 7. The van der Waals surface area contributed by atoms with Gasteiger partial charge in [0.2, 0.25) is 5.91 Å². The first-order chi connectivity index (χ1) is 12.4. The third kappa shape index (κ3) is 4.89. The molecule has 2 rings (SSSR count). The second kappa shape index (κ2) is 8.76. The summed E-state index contributed by atoms with van der Waals surface area (Å²) in [5, 5.41) is 19.1. The normalized spacial score (nSPS) is 10.2. The lowest BCUT2D eigenvalue weighted by atomic mass is 10.2. The van der Waals surface area contributed by atoms with Gasteiger partial charge in [-0.1, -0.05) is 17.8 Å². The van der Waals surface area contributed by atoms with Crippen LogP contribution in [-0.2, 0) is 11.3 Å². The molecule has 0 aliphatic rings. The predicted molar refractivity (Wildman–Crippen MR) is 94.4 cm³/mol. The number of nitro groups is 1. The number of allylic oxidation sites excluding steroid dienone is 1. The zero-order valence-electron chi connectivity index (χ0n) is 13.8. The van der Waals surface area contributed by atoms with Gasteiger partial charge in [-0.05, 0) is 19.1 Å². The number of hydrazine groups is 1. The smallest absolute Gasteiger partial charge is 0.269 e.